The lowest BCUT2D eigenvalue weighted by molar-refractivity contribution is 0.603. The van der Waals surface area contributed by atoms with Crippen LogP contribution in [0.25, 0.3) is 0 Å². The molecule has 0 fully saturated rings. The molecule has 108 valence electrons. The van der Waals surface area contributed by atoms with Gasteiger partial charge < -0.3 is 5.32 Å². The van der Waals surface area contributed by atoms with Crippen molar-refractivity contribution >= 4 is 33.2 Å². The maximum atomic E-state index is 11.1. The van der Waals surface area contributed by atoms with Crippen LogP contribution < -0.4 is 5.32 Å². The lowest BCUT2D eigenvalue weighted by Gasteiger charge is -2.11. The van der Waals surface area contributed by atoms with Crippen molar-refractivity contribution in [2.45, 2.75) is 24.8 Å². The van der Waals surface area contributed by atoms with E-state index in [4.69, 9.17) is 11.6 Å². The minimum atomic E-state index is -2.92. The van der Waals surface area contributed by atoms with Crippen molar-refractivity contribution in [3.05, 3.63) is 28.8 Å². The van der Waals surface area contributed by atoms with Crippen molar-refractivity contribution in [3.8, 4) is 0 Å². The summed E-state index contributed by atoms with van der Waals surface area (Å²) in [6, 6.07) is 5.79. The molecule has 0 bridgehead atoms. The van der Waals surface area contributed by atoms with Crippen LogP contribution in [0.2, 0.25) is 5.02 Å². The van der Waals surface area contributed by atoms with Gasteiger partial charge in [-0.15, -0.1) is 11.8 Å². The molecule has 0 amide bonds. The monoisotopic (exact) mass is 321 g/mol. The average molecular weight is 322 g/mol. The molecule has 0 aromatic heterocycles. The van der Waals surface area contributed by atoms with Crippen molar-refractivity contribution < 1.29 is 8.42 Å². The Bertz CT molecular complexity index is 503. The third kappa shape index (κ3) is 6.65. The van der Waals surface area contributed by atoms with Crippen molar-refractivity contribution in [2.24, 2.45) is 0 Å². The van der Waals surface area contributed by atoms with Gasteiger partial charge in [0.15, 0.2) is 0 Å². The highest BCUT2D eigenvalue weighted by molar-refractivity contribution is 8.00. The molecule has 0 radical (unpaired) electrons. The zero-order valence-corrected chi connectivity index (χ0v) is 13.7. The molecular weight excluding hydrogens is 302 g/mol. The lowest BCUT2D eigenvalue weighted by atomic mass is 10.2. The van der Waals surface area contributed by atoms with Crippen LogP contribution in [0.15, 0.2) is 23.1 Å². The minimum absolute atomic E-state index is 0.171. The SMILES string of the molecule is CCCNCc1cccc(Cl)c1SCCS(C)(=O)=O. The van der Waals surface area contributed by atoms with E-state index in [1.165, 1.54) is 18.0 Å². The van der Waals surface area contributed by atoms with Gasteiger partial charge in [-0.25, -0.2) is 8.42 Å². The summed E-state index contributed by atoms with van der Waals surface area (Å²) in [7, 11) is -2.92. The van der Waals surface area contributed by atoms with Crippen LogP contribution in [-0.4, -0.2) is 32.7 Å². The molecule has 0 unspecified atom stereocenters. The Morgan fingerprint density at radius 3 is 2.74 bits per heavy atom. The quantitative estimate of drug-likeness (QED) is 0.590. The van der Waals surface area contributed by atoms with Crippen LogP contribution in [-0.2, 0) is 16.4 Å². The van der Waals surface area contributed by atoms with Gasteiger partial charge in [-0.2, -0.15) is 0 Å². The third-order valence-electron chi connectivity index (χ3n) is 2.49. The molecule has 6 heteroatoms. The van der Waals surface area contributed by atoms with Crippen molar-refractivity contribution in [1.82, 2.24) is 5.32 Å². The molecule has 1 rings (SSSR count). The summed E-state index contributed by atoms with van der Waals surface area (Å²) in [4.78, 5) is 0.983. The highest BCUT2D eigenvalue weighted by Gasteiger charge is 2.09. The van der Waals surface area contributed by atoms with Gasteiger partial charge in [0, 0.05) is 23.4 Å². The summed E-state index contributed by atoms with van der Waals surface area (Å²) >= 11 is 7.70. The molecule has 0 heterocycles. The third-order valence-corrected chi connectivity index (χ3v) is 5.30. The van der Waals surface area contributed by atoms with Crippen LogP contribution in [0, 0.1) is 0 Å². The summed E-state index contributed by atoms with van der Waals surface area (Å²) in [5, 5.41) is 4.02. The van der Waals surface area contributed by atoms with Gasteiger partial charge in [-0.3, -0.25) is 0 Å². The molecular formula is C13H20ClNO2S2. The van der Waals surface area contributed by atoms with Crippen molar-refractivity contribution in [2.75, 3.05) is 24.3 Å². The maximum Gasteiger partial charge on any atom is 0.148 e. The molecule has 0 saturated carbocycles. The molecule has 1 N–H and O–H groups in total. The summed E-state index contributed by atoms with van der Waals surface area (Å²) in [5.41, 5.74) is 1.12. The van der Waals surface area contributed by atoms with Crippen molar-refractivity contribution in [1.29, 1.82) is 0 Å². The van der Waals surface area contributed by atoms with E-state index in [-0.39, 0.29) is 5.75 Å². The van der Waals surface area contributed by atoms with Gasteiger partial charge in [-0.05, 0) is 24.6 Å². The first-order chi connectivity index (χ1) is 8.94. The predicted molar refractivity (Wildman–Crippen MR) is 83.9 cm³/mol. The average Bonchev–Trinajstić information content (AvgIpc) is 2.31. The predicted octanol–water partition coefficient (Wildman–Crippen LogP) is 2.98. The molecule has 3 nitrogen and oxygen atoms in total. The number of halogens is 1. The van der Waals surface area contributed by atoms with E-state index in [0.717, 1.165) is 30.0 Å². The van der Waals surface area contributed by atoms with Gasteiger partial charge in [-0.1, -0.05) is 30.7 Å². The summed E-state index contributed by atoms with van der Waals surface area (Å²) in [5.74, 6) is 0.702. The first-order valence-corrected chi connectivity index (χ1v) is 9.65. The Morgan fingerprint density at radius 2 is 2.11 bits per heavy atom. The number of rotatable bonds is 8. The van der Waals surface area contributed by atoms with E-state index < -0.39 is 9.84 Å². The second-order valence-corrected chi connectivity index (χ2v) is 8.16. The van der Waals surface area contributed by atoms with Crippen LogP contribution in [0.4, 0.5) is 0 Å². The van der Waals surface area contributed by atoms with Gasteiger partial charge in [0.1, 0.15) is 9.84 Å². The zero-order chi connectivity index (χ0) is 14.3. The van der Waals surface area contributed by atoms with Gasteiger partial charge >= 0.3 is 0 Å². The smallest absolute Gasteiger partial charge is 0.148 e. The highest BCUT2D eigenvalue weighted by Crippen LogP contribution is 2.30. The van der Waals surface area contributed by atoms with Gasteiger partial charge in [0.05, 0.1) is 10.8 Å². The van der Waals surface area contributed by atoms with E-state index in [1.807, 2.05) is 18.2 Å². The van der Waals surface area contributed by atoms with Crippen LogP contribution in [0.5, 0.6) is 0 Å². The van der Waals surface area contributed by atoms with E-state index in [2.05, 4.69) is 12.2 Å². The van der Waals surface area contributed by atoms with Crippen LogP contribution in [0.1, 0.15) is 18.9 Å². The summed E-state index contributed by atoms with van der Waals surface area (Å²) < 4.78 is 22.3. The number of sulfone groups is 1. The summed E-state index contributed by atoms with van der Waals surface area (Å²) in [6.07, 6.45) is 2.33. The van der Waals surface area contributed by atoms with E-state index >= 15 is 0 Å². The first-order valence-electron chi connectivity index (χ1n) is 6.22. The molecule has 0 saturated heterocycles. The number of nitrogens with one attached hydrogen (secondary N) is 1. The fraction of sp³-hybridized carbons (Fsp3) is 0.538. The first kappa shape index (κ1) is 16.8. The normalized spacial score (nSPS) is 11.7. The van der Waals surface area contributed by atoms with Crippen molar-refractivity contribution in [3.63, 3.8) is 0 Å². The van der Waals surface area contributed by atoms with Crippen LogP contribution >= 0.6 is 23.4 Å². The standard InChI is InChI=1S/C13H20ClNO2S2/c1-3-7-15-10-11-5-4-6-12(14)13(11)18-8-9-19(2,16)17/h4-6,15H,3,7-10H2,1-2H3. The number of hydrogen-bond acceptors (Lipinski definition) is 4. The molecule has 1 aromatic rings. The Hall–Kier alpha value is -0.230. The molecule has 19 heavy (non-hydrogen) atoms. The zero-order valence-electron chi connectivity index (χ0n) is 11.3. The van der Waals surface area contributed by atoms with Crippen LogP contribution in [0.3, 0.4) is 0 Å². The number of benzene rings is 1. The lowest BCUT2D eigenvalue weighted by Crippen LogP contribution is -2.14. The van der Waals surface area contributed by atoms with E-state index in [1.54, 1.807) is 0 Å². The Labute approximate surface area is 125 Å². The second-order valence-electron chi connectivity index (χ2n) is 4.38. The Morgan fingerprint density at radius 1 is 1.37 bits per heavy atom. The van der Waals surface area contributed by atoms with E-state index in [9.17, 15) is 8.42 Å². The highest BCUT2D eigenvalue weighted by atomic mass is 35.5. The van der Waals surface area contributed by atoms with Gasteiger partial charge in [0.2, 0.25) is 0 Å². The fourth-order valence-corrected chi connectivity index (χ4v) is 4.19. The molecule has 0 aliphatic carbocycles. The molecule has 1 aromatic carbocycles. The number of hydrogen-bond donors (Lipinski definition) is 1. The molecule has 0 spiro atoms. The Balaban J connectivity index is 2.68. The Kier molecular flexibility index (Phi) is 7.21. The molecule has 0 aliphatic rings. The number of thioether (sulfide) groups is 1. The van der Waals surface area contributed by atoms with Gasteiger partial charge in [0.25, 0.3) is 0 Å². The molecule has 0 aliphatic heterocycles. The molecule has 0 atom stereocenters. The fourth-order valence-electron chi connectivity index (χ4n) is 1.55. The minimum Gasteiger partial charge on any atom is -0.313 e. The summed E-state index contributed by atoms with van der Waals surface area (Å²) in [6.45, 7) is 3.84. The second kappa shape index (κ2) is 8.15. The largest absolute Gasteiger partial charge is 0.313 e. The van der Waals surface area contributed by atoms with E-state index in [0.29, 0.717) is 10.8 Å². The maximum absolute atomic E-state index is 11.1. The topological polar surface area (TPSA) is 46.2 Å².